The van der Waals surface area contributed by atoms with Crippen LogP contribution in [0.2, 0.25) is 0 Å². The van der Waals surface area contributed by atoms with E-state index >= 15 is 0 Å². The van der Waals surface area contributed by atoms with Crippen LogP contribution in [0.1, 0.15) is 0 Å². The molecule has 0 N–H and O–H groups in total. The molecule has 0 aromatic heterocycles. The van der Waals surface area contributed by atoms with Gasteiger partial charge in [-0.1, -0.05) is 218 Å². The second kappa shape index (κ2) is 84.0. The number of alkyl halides is 6. The Kier molecular flexibility index (Phi) is 90.3. The van der Waals surface area contributed by atoms with Gasteiger partial charge in [0.15, 0.2) is 0 Å². The van der Waals surface area contributed by atoms with Crippen molar-refractivity contribution < 1.29 is 154 Å². The van der Waals surface area contributed by atoms with Crippen molar-refractivity contribution in [1.29, 1.82) is 0 Å². The maximum Gasteiger partial charge on any atom is 0.101 e. The molecule has 0 heterocycles. The zero-order chi connectivity index (χ0) is 77.2. The number of benzene rings is 12. The van der Waals surface area contributed by atoms with Gasteiger partial charge in [0.05, 0.1) is 127 Å². The fourth-order valence-electron chi connectivity index (χ4n) is 11.2. The first-order valence-corrected chi connectivity index (χ1v) is 45.8. The van der Waals surface area contributed by atoms with Gasteiger partial charge in [0.25, 0.3) is 0 Å². The SMILES string of the molecule is ClCCl.ClCCl.ClCCl.[C-]#[O+].[C-]#[O+].[C-]#[O+].[C-]#[O+].[C-]#[O+].[C-]#[O+].[Pt].[Pt].[Pt].[Pt].[Pt].[Pt].c1ccc([PH+](CC[PH+](c2ccccc2)c2ccccc2)c2ccccc2)cc1.c1ccc([PH+](CC[PH+](c2ccccc2)c2ccccc2)c2ccccc2)cc1.c1ccc([PH+](CC[PH+](c2ccccc2)c2ccccc2)c2ccccc2)cc1. The van der Waals surface area contributed by atoms with Crippen LogP contribution < -0.4 is 63.7 Å². The maximum atomic E-state index is 7.50. The van der Waals surface area contributed by atoms with Crippen molar-refractivity contribution in [2.45, 2.75) is 0 Å². The Balaban J connectivity index is -0.000000323. The van der Waals surface area contributed by atoms with Crippen LogP contribution in [0, 0.1) is 39.9 Å². The predicted molar refractivity (Wildman–Crippen MR) is 465 cm³/mol. The van der Waals surface area contributed by atoms with E-state index in [1.54, 1.807) is 0 Å². The molecule has 0 atom stereocenters. The van der Waals surface area contributed by atoms with E-state index in [0.717, 1.165) is 0 Å². The third-order valence-electron chi connectivity index (χ3n) is 15.3. The molecule has 0 fully saturated rings. The quantitative estimate of drug-likeness (QED) is 0.0295. The molecule has 12 aromatic carbocycles. The van der Waals surface area contributed by atoms with Crippen LogP contribution in [-0.4, -0.2) is 53.0 Å². The van der Waals surface area contributed by atoms with E-state index in [0.29, 0.717) is 0 Å². The molecule has 0 aliphatic carbocycles. The Morgan fingerprint density at radius 1 is 0.144 bits per heavy atom. The molecule has 0 saturated heterocycles. The van der Waals surface area contributed by atoms with Crippen LogP contribution in [0.4, 0.5) is 0 Å². The Bertz CT molecular complexity index is 3190. The molecule has 0 bridgehead atoms. The summed E-state index contributed by atoms with van der Waals surface area (Å²) in [5.74, 6) is 0. The van der Waals surface area contributed by atoms with E-state index in [2.05, 4.69) is 404 Å². The van der Waals surface area contributed by atoms with E-state index in [1.807, 2.05) is 0 Å². The van der Waals surface area contributed by atoms with E-state index in [1.165, 1.54) is 101 Å². The topological polar surface area (TPSA) is 119 Å². The van der Waals surface area contributed by atoms with E-state index < -0.39 is 47.5 Å². The fourth-order valence-corrected chi connectivity index (χ4v) is 29.8. The van der Waals surface area contributed by atoms with Crippen LogP contribution >= 0.6 is 117 Å². The summed E-state index contributed by atoms with van der Waals surface area (Å²) >= 11 is 28.6. The van der Waals surface area contributed by atoms with Crippen molar-refractivity contribution in [1.82, 2.24) is 0 Å². The van der Waals surface area contributed by atoms with Gasteiger partial charge >= 0.3 is 67.8 Å². The number of hydrogen-bond acceptors (Lipinski definition) is 0. The zero-order valence-electron chi connectivity index (χ0n) is 59.6. The van der Waals surface area contributed by atoms with Gasteiger partial charge in [0.1, 0.15) is 37.0 Å². The van der Waals surface area contributed by atoms with E-state index in [4.69, 9.17) is 97.5 Å². The van der Waals surface area contributed by atoms with Crippen molar-refractivity contribution >= 4 is 181 Å². The molecule has 24 heteroatoms. The minimum atomic E-state index is -0.783. The summed E-state index contributed by atoms with van der Waals surface area (Å²) in [5.41, 5.74) is 0. The summed E-state index contributed by atoms with van der Waals surface area (Å²) in [6.45, 7) is 27.0. The van der Waals surface area contributed by atoms with Gasteiger partial charge in [-0.25, -0.2) is 0 Å². The summed E-state index contributed by atoms with van der Waals surface area (Å²) in [4.78, 5) is 0. The van der Waals surface area contributed by atoms with Crippen LogP contribution in [-0.2, 0) is 154 Å². The Hall–Kier alpha value is -2.47. The molecular weight excluding hydrogens is 2710 g/mol. The van der Waals surface area contributed by atoms with Crippen molar-refractivity contribution in [3.63, 3.8) is 0 Å². The molecule has 0 spiro atoms. The van der Waals surface area contributed by atoms with Crippen molar-refractivity contribution in [3.05, 3.63) is 404 Å². The van der Waals surface area contributed by atoms with Gasteiger partial charge < -0.3 is 0 Å². The van der Waals surface area contributed by atoms with Gasteiger partial charge in [-0.3, -0.25) is 0 Å². The largest absolute Gasteiger partial charge is 0.101 e. The smallest absolute Gasteiger partial charge is 0.0620 e. The van der Waals surface area contributed by atoms with Crippen LogP contribution in [0.5, 0.6) is 0 Å². The molecule has 594 valence electrons. The molecule has 0 aliphatic heterocycles. The zero-order valence-corrected chi connectivity index (χ0v) is 83.8. The standard InChI is InChI=1S/3C26H24P2.3CH2Cl2.6CO.6Pt/c3*1-5-13-23(14-6-1)27(24-15-7-2-8-16-24)21-22-28(25-17-9-3-10-18-25)26-19-11-4-12-20-26;3*2-1-3;6*1-2;;;;;;/h3*1-20H,21-22H2;3*1H2;;;;;;;;;;;;/p+6. The minimum Gasteiger partial charge on any atom is -0.0620 e. The molecule has 0 radical (unpaired) electrons. The van der Waals surface area contributed by atoms with Gasteiger partial charge in [-0.15, -0.1) is 69.6 Å². The number of halogens is 6. The summed E-state index contributed by atoms with van der Waals surface area (Å²) < 4.78 is 45.0. The summed E-state index contributed by atoms with van der Waals surface area (Å²) in [6.07, 6.45) is 7.56. The number of hydrogen-bond donors (Lipinski definition) is 0. The van der Waals surface area contributed by atoms with Crippen LogP contribution in [0.25, 0.3) is 0 Å². The van der Waals surface area contributed by atoms with Crippen molar-refractivity contribution in [2.75, 3.05) is 53.0 Å². The Labute approximate surface area is 782 Å². The molecule has 111 heavy (non-hydrogen) atoms. The third kappa shape index (κ3) is 48.9. The first-order chi connectivity index (χ1) is 52.0. The predicted octanol–water partition coefficient (Wildman–Crippen LogP) is 18.2. The summed E-state index contributed by atoms with van der Waals surface area (Å²) in [6, 6.07) is 134. The van der Waals surface area contributed by atoms with E-state index in [9.17, 15) is 0 Å². The third-order valence-corrected chi connectivity index (χ3v) is 33.7. The number of rotatable bonds is 21. The average molecular weight is 2790 g/mol. The second-order valence-corrected chi connectivity index (χ2v) is 39.2. The Morgan fingerprint density at radius 2 is 0.198 bits per heavy atom. The molecule has 0 unspecified atom stereocenters. The fraction of sp³-hybridized carbons (Fsp3) is 0.103. The van der Waals surface area contributed by atoms with Gasteiger partial charge in [0, 0.05) is 126 Å². The first-order valence-electron chi connectivity index (χ1n) is 32.4. The van der Waals surface area contributed by atoms with Gasteiger partial charge in [-0.05, 0) is 146 Å². The molecule has 6 nitrogen and oxygen atoms in total. The summed E-state index contributed by atoms with van der Waals surface area (Å²) in [5, 5.41) is 18.8. The van der Waals surface area contributed by atoms with Gasteiger partial charge in [-0.2, -0.15) is 0 Å². The van der Waals surface area contributed by atoms with Crippen molar-refractivity contribution in [2.24, 2.45) is 0 Å². The van der Waals surface area contributed by atoms with Crippen LogP contribution in [0.15, 0.2) is 364 Å². The maximum absolute atomic E-state index is 7.50. The van der Waals surface area contributed by atoms with Gasteiger partial charge in [0.2, 0.25) is 0 Å². The first kappa shape index (κ1) is 119. The molecular formula is C87H84Cl6O6P6Pt6+6. The molecule has 12 rings (SSSR count). The second-order valence-electron chi connectivity index (χ2n) is 21.1. The Morgan fingerprint density at radius 3 is 0.252 bits per heavy atom. The van der Waals surface area contributed by atoms with Crippen LogP contribution in [0.3, 0.4) is 0 Å². The molecule has 12 aromatic rings. The average Bonchev–Trinajstić information content (AvgIpc) is 0.842. The molecule has 0 saturated carbocycles. The van der Waals surface area contributed by atoms with E-state index in [-0.39, 0.29) is 142 Å². The van der Waals surface area contributed by atoms with Crippen molar-refractivity contribution in [3.8, 4) is 0 Å². The molecule has 0 aliphatic rings. The minimum absolute atomic E-state index is 0. The monoisotopic (exact) mass is 2790 g/mol. The summed E-state index contributed by atoms with van der Waals surface area (Å²) in [7, 11) is -4.70. The normalized spacial score (nSPS) is 8.97. The molecule has 0 amide bonds.